The number of rotatable bonds is 8. The molecule has 5 rings (SSSR count). The SMILES string of the molecule is CCNc1ncc2cc(-c3ccc(-c4cccc(C)n4)cc3Cl)c(=O)n(CCOC3CNC3)c2n1. The van der Waals surface area contributed by atoms with Crippen molar-refractivity contribution in [1.82, 2.24) is 24.8 Å². The maximum atomic E-state index is 13.7. The van der Waals surface area contributed by atoms with Gasteiger partial charge in [0.1, 0.15) is 5.65 Å². The zero-order valence-corrected chi connectivity index (χ0v) is 20.5. The van der Waals surface area contributed by atoms with Gasteiger partial charge in [0.25, 0.3) is 5.56 Å². The maximum Gasteiger partial charge on any atom is 0.260 e. The van der Waals surface area contributed by atoms with Crippen LogP contribution in [0.5, 0.6) is 0 Å². The smallest absolute Gasteiger partial charge is 0.260 e. The van der Waals surface area contributed by atoms with E-state index in [-0.39, 0.29) is 11.7 Å². The summed E-state index contributed by atoms with van der Waals surface area (Å²) in [5.41, 5.74) is 4.21. The molecule has 0 aliphatic carbocycles. The van der Waals surface area contributed by atoms with Crippen molar-refractivity contribution < 1.29 is 4.74 Å². The molecule has 0 amide bonds. The van der Waals surface area contributed by atoms with Crippen LogP contribution in [0.4, 0.5) is 5.95 Å². The number of aromatic nitrogens is 4. The molecular weight excluding hydrogens is 464 g/mol. The first-order chi connectivity index (χ1) is 17.0. The Labute approximate surface area is 208 Å². The number of nitrogens with zero attached hydrogens (tertiary/aromatic N) is 4. The minimum atomic E-state index is -0.169. The van der Waals surface area contributed by atoms with Crippen molar-refractivity contribution in [2.45, 2.75) is 26.5 Å². The number of hydrogen-bond acceptors (Lipinski definition) is 7. The first-order valence-corrected chi connectivity index (χ1v) is 12.1. The van der Waals surface area contributed by atoms with Gasteiger partial charge in [-0.3, -0.25) is 14.3 Å². The van der Waals surface area contributed by atoms with E-state index in [4.69, 9.17) is 16.3 Å². The van der Waals surface area contributed by atoms with Crippen molar-refractivity contribution in [3.05, 3.63) is 69.7 Å². The molecule has 1 aromatic carbocycles. The van der Waals surface area contributed by atoms with Gasteiger partial charge in [0, 0.05) is 58.6 Å². The van der Waals surface area contributed by atoms with Gasteiger partial charge < -0.3 is 15.4 Å². The van der Waals surface area contributed by atoms with Crippen LogP contribution in [0.1, 0.15) is 12.6 Å². The van der Waals surface area contributed by atoms with Gasteiger partial charge in [-0.05, 0) is 38.1 Å². The number of benzene rings is 1. The molecule has 0 saturated carbocycles. The molecule has 1 saturated heterocycles. The lowest BCUT2D eigenvalue weighted by molar-refractivity contribution is 0.0149. The summed E-state index contributed by atoms with van der Waals surface area (Å²) in [6.07, 6.45) is 1.92. The third-order valence-electron chi connectivity index (χ3n) is 6.02. The minimum absolute atomic E-state index is 0.169. The second-order valence-electron chi connectivity index (χ2n) is 8.53. The van der Waals surface area contributed by atoms with E-state index in [0.717, 1.165) is 35.4 Å². The molecule has 8 nitrogen and oxygen atoms in total. The zero-order chi connectivity index (χ0) is 24.4. The predicted molar refractivity (Wildman–Crippen MR) is 139 cm³/mol. The number of pyridine rings is 2. The number of nitrogens with one attached hydrogen (secondary N) is 2. The van der Waals surface area contributed by atoms with E-state index in [1.165, 1.54) is 0 Å². The van der Waals surface area contributed by atoms with Crippen molar-refractivity contribution in [3.63, 3.8) is 0 Å². The van der Waals surface area contributed by atoms with Crippen LogP contribution in [0.15, 0.2) is 53.5 Å². The van der Waals surface area contributed by atoms with Gasteiger partial charge >= 0.3 is 0 Å². The monoisotopic (exact) mass is 490 g/mol. The molecule has 0 unspecified atom stereocenters. The lowest BCUT2D eigenvalue weighted by atomic mass is 10.0. The Morgan fingerprint density at radius 3 is 2.74 bits per heavy atom. The zero-order valence-electron chi connectivity index (χ0n) is 19.7. The summed E-state index contributed by atoms with van der Waals surface area (Å²) < 4.78 is 7.55. The molecule has 3 aromatic heterocycles. The van der Waals surface area contributed by atoms with Crippen molar-refractivity contribution in [3.8, 4) is 22.4 Å². The highest BCUT2D eigenvalue weighted by molar-refractivity contribution is 6.33. The standard InChI is InChI=1S/C26H27ClN6O2/c1-3-29-26-30-13-18-11-21(25(34)33(24(18)32-26)9-10-35-19-14-28-15-19)20-8-7-17(12-22(20)27)23-6-4-5-16(2)31-23/h4-8,11-13,19,28H,3,9-10,14-15H2,1-2H3,(H,29,30,32). The highest BCUT2D eigenvalue weighted by Gasteiger charge is 2.19. The van der Waals surface area contributed by atoms with Gasteiger partial charge in [0.15, 0.2) is 0 Å². The Morgan fingerprint density at radius 1 is 1.17 bits per heavy atom. The average molecular weight is 491 g/mol. The number of ether oxygens (including phenoxy) is 1. The molecule has 0 atom stereocenters. The van der Waals surface area contributed by atoms with E-state index in [1.54, 1.807) is 10.8 Å². The summed E-state index contributed by atoms with van der Waals surface area (Å²) >= 11 is 6.72. The Balaban J connectivity index is 1.57. The molecule has 35 heavy (non-hydrogen) atoms. The van der Waals surface area contributed by atoms with Crippen molar-refractivity contribution in [2.75, 3.05) is 31.6 Å². The van der Waals surface area contributed by atoms with Crippen LogP contribution in [0.25, 0.3) is 33.4 Å². The van der Waals surface area contributed by atoms with Crippen LogP contribution in [-0.2, 0) is 11.3 Å². The molecule has 0 spiro atoms. The lowest BCUT2D eigenvalue weighted by Gasteiger charge is -2.27. The van der Waals surface area contributed by atoms with Crippen LogP contribution in [0.3, 0.4) is 0 Å². The van der Waals surface area contributed by atoms with E-state index in [2.05, 4.69) is 25.6 Å². The molecule has 4 heterocycles. The second-order valence-corrected chi connectivity index (χ2v) is 8.93. The summed E-state index contributed by atoms with van der Waals surface area (Å²) in [6, 6.07) is 13.3. The first-order valence-electron chi connectivity index (χ1n) is 11.7. The molecule has 9 heteroatoms. The molecule has 1 aliphatic heterocycles. The quantitative estimate of drug-likeness (QED) is 0.387. The normalized spacial score (nSPS) is 13.7. The predicted octanol–water partition coefficient (Wildman–Crippen LogP) is 3.90. The fourth-order valence-corrected chi connectivity index (χ4v) is 4.37. The van der Waals surface area contributed by atoms with Crippen molar-refractivity contribution >= 4 is 28.6 Å². The third kappa shape index (κ3) is 4.91. The van der Waals surface area contributed by atoms with Gasteiger partial charge in [0.2, 0.25) is 5.95 Å². The number of fused-ring (bicyclic) bond motifs is 1. The molecule has 2 N–H and O–H groups in total. The largest absolute Gasteiger partial charge is 0.374 e. The van der Waals surface area contributed by atoms with E-state index in [1.807, 2.05) is 56.3 Å². The first kappa shape index (κ1) is 23.4. The molecule has 0 bridgehead atoms. The second kappa shape index (κ2) is 10.1. The van der Waals surface area contributed by atoms with E-state index in [0.29, 0.717) is 47.4 Å². The van der Waals surface area contributed by atoms with Crippen molar-refractivity contribution in [2.24, 2.45) is 0 Å². The van der Waals surface area contributed by atoms with Crippen molar-refractivity contribution in [1.29, 1.82) is 0 Å². The average Bonchev–Trinajstić information content (AvgIpc) is 2.82. The Bertz CT molecular complexity index is 1430. The summed E-state index contributed by atoms with van der Waals surface area (Å²) in [6.45, 7) is 7.07. The Morgan fingerprint density at radius 2 is 2.03 bits per heavy atom. The van der Waals surface area contributed by atoms with Gasteiger partial charge in [-0.2, -0.15) is 4.98 Å². The van der Waals surface area contributed by atoms with Crippen LogP contribution < -0.4 is 16.2 Å². The van der Waals surface area contributed by atoms with Gasteiger partial charge in [-0.25, -0.2) is 4.98 Å². The number of halogens is 1. The molecule has 1 fully saturated rings. The Kier molecular flexibility index (Phi) is 6.77. The summed E-state index contributed by atoms with van der Waals surface area (Å²) in [5.74, 6) is 0.484. The maximum absolute atomic E-state index is 13.7. The number of aryl methyl sites for hydroxylation is 1. The highest BCUT2D eigenvalue weighted by Crippen LogP contribution is 2.31. The number of anilines is 1. The van der Waals surface area contributed by atoms with Crippen LogP contribution in [-0.4, -0.2) is 51.9 Å². The topological polar surface area (TPSA) is 94.0 Å². The van der Waals surface area contributed by atoms with E-state index >= 15 is 0 Å². The van der Waals surface area contributed by atoms with E-state index < -0.39 is 0 Å². The van der Waals surface area contributed by atoms with Crippen LogP contribution in [0.2, 0.25) is 5.02 Å². The van der Waals surface area contributed by atoms with Crippen LogP contribution in [0, 0.1) is 6.92 Å². The fourth-order valence-electron chi connectivity index (χ4n) is 4.09. The molecular formula is C26H27ClN6O2. The fraction of sp³-hybridized carbons (Fsp3) is 0.308. The molecule has 180 valence electrons. The van der Waals surface area contributed by atoms with Crippen LogP contribution >= 0.6 is 11.6 Å². The summed E-state index contributed by atoms with van der Waals surface area (Å²) in [5, 5.41) is 7.54. The van der Waals surface area contributed by atoms with Gasteiger partial charge in [-0.1, -0.05) is 29.8 Å². The summed E-state index contributed by atoms with van der Waals surface area (Å²) in [7, 11) is 0. The minimum Gasteiger partial charge on any atom is -0.374 e. The highest BCUT2D eigenvalue weighted by atomic mass is 35.5. The third-order valence-corrected chi connectivity index (χ3v) is 6.33. The Hall–Kier alpha value is -3.33. The number of hydrogen-bond donors (Lipinski definition) is 2. The summed E-state index contributed by atoms with van der Waals surface area (Å²) in [4.78, 5) is 27.3. The van der Waals surface area contributed by atoms with E-state index in [9.17, 15) is 4.79 Å². The molecule has 1 aliphatic rings. The molecule has 0 radical (unpaired) electrons. The lowest BCUT2D eigenvalue weighted by Crippen LogP contribution is -2.48. The van der Waals surface area contributed by atoms with Gasteiger partial charge in [-0.15, -0.1) is 0 Å². The molecule has 4 aromatic rings. The van der Waals surface area contributed by atoms with Gasteiger partial charge in [0.05, 0.1) is 24.9 Å².